The first-order valence-corrected chi connectivity index (χ1v) is 8.86. The van der Waals surface area contributed by atoms with Crippen LogP contribution in [0.1, 0.15) is 28.3 Å². The first-order valence-electron chi connectivity index (χ1n) is 8.48. The number of fused-ring (bicyclic) bond motifs is 2. The third-order valence-corrected chi connectivity index (χ3v) is 5.96. The van der Waals surface area contributed by atoms with Crippen molar-refractivity contribution in [2.75, 3.05) is 27.2 Å². The van der Waals surface area contributed by atoms with Gasteiger partial charge < -0.3 is 9.80 Å². The van der Waals surface area contributed by atoms with Crippen LogP contribution in [-0.2, 0) is 12.8 Å². The number of quaternary nitrogens is 1. The molecule has 120 valence electrons. The first-order chi connectivity index (χ1) is 11.1. The fourth-order valence-corrected chi connectivity index (χ4v) is 4.71. The van der Waals surface area contributed by atoms with Gasteiger partial charge in [0, 0.05) is 16.1 Å². The Bertz CT molecular complexity index is 734. The Morgan fingerprint density at radius 2 is 1.70 bits per heavy atom. The Hall–Kier alpha value is -1.35. The molecule has 1 heterocycles. The van der Waals surface area contributed by atoms with Crippen LogP contribution in [-0.4, -0.2) is 37.7 Å². The number of aryl methyl sites for hydroxylation is 2. The number of rotatable bonds is 2. The van der Waals surface area contributed by atoms with Gasteiger partial charge in [0.15, 0.2) is 0 Å². The molecule has 0 amide bonds. The summed E-state index contributed by atoms with van der Waals surface area (Å²) in [5.74, 6) is 0. The van der Waals surface area contributed by atoms with Gasteiger partial charge in [0.25, 0.3) is 0 Å². The van der Waals surface area contributed by atoms with E-state index in [9.17, 15) is 0 Å². The second kappa shape index (κ2) is 5.62. The molecule has 0 bridgehead atoms. The van der Waals surface area contributed by atoms with Crippen LogP contribution in [0.25, 0.3) is 0 Å². The summed E-state index contributed by atoms with van der Waals surface area (Å²) in [7, 11) is 4.46. The van der Waals surface area contributed by atoms with Gasteiger partial charge in [0.1, 0.15) is 25.2 Å². The highest BCUT2D eigenvalue weighted by atomic mass is 35.5. The van der Waals surface area contributed by atoms with Gasteiger partial charge >= 0.3 is 0 Å². The van der Waals surface area contributed by atoms with Crippen molar-refractivity contribution in [3.8, 4) is 0 Å². The predicted molar refractivity (Wildman–Crippen MR) is 95.9 cm³/mol. The van der Waals surface area contributed by atoms with E-state index in [0.29, 0.717) is 12.1 Å². The molecule has 1 atom stereocenters. The highest BCUT2D eigenvalue weighted by molar-refractivity contribution is 6.30. The minimum atomic E-state index is 0.395. The normalized spacial score (nSPS) is 29.2. The second-order valence-corrected chi connectivity index (χ2v) is 7.71. The van der Waals surface area contributed by atoms with Crippen molar-refractivity contribution in [3.05, 3.63) is 69.7 Å². The number of hydrogen-bond donors (Lipinski definition) is 1. The topological polar surface area (TPSA) is 12.0 Å². The molecule has 0 aromatic heterocycles. The minimum Gasteiger partial charge on any atom is -0.313 e. The van der Waals surface area contributed by atoms with E-state index in [-0.39, 0.29) is 0 Å². The second-order valence-electron chi connectivity index (χ2n) is 7.27. The van der Waals surface area contributed by atoms with Crippen molar-refractivity contribution in [1.82, 2.24) is 5.32 Å². The lowest BCUT2D eigenvalue weighted by Crippen LogP contribution is -2.69. The molecule has 1 fully saturated rings. The van der Waals surface area contributed by atoms with Gasteiger partial charge in [-0.1, -0.05) is 41.9 Å². The smallest absolute Gasteiger partial charge is 0.141 e. The molecule has 23 heavy (non-hydrogen) atoms. The van der Waals surface area contributed by atoms with E-state index in [1.807, 2.05) is 6.07 Å². The fourth-order valence-electron chi connectivity index (χ4n) is 4.53. The maximum Gasteiger partial charge on any atom is 0.141 e. The Balaban J connectivity index is 1.87. The van der Waals surface area contributed by atoms with Gasteiger partial charge in [-0.3, -0.25) is 0 Å². The molecular formula is C20H24ClN2+. The van der Waals surface area contributed by atoms with E-state index in [0.717, 1.165) is 22.3 Å². The molecule has 0 spiro atoms. The molecular weight excluding hydrogens is 304 g/mol. The molecule has 1 unspecified atom stereocenters. The van der Waals surface area contributed by atoms with E-state index >= 15 is 0 Å². The first kappa shape index (κ1) is 15.2. The number of benzene rings is 2. The number of likely N-dealkylation sites (tertiary alicyclic amines) is 1. The van der Waals surface area contributed by atoms with Crippen molar-refractivity contribution in [2.24, 2.45) is 0 Å². The van der Waals surface area contributed by atoms with Crippen molar-refractivity contribution < 1.29 is 4.48 Å². The van der Waals surface area contributed by atoms with Gasteiger partial charge in [-0.15, -0.1) is 0 Å². The highest BCUT2D eigenvalue weighted by Crippen LogP contribution is 2.43. The standard InChI is InChI=1S/C20H24ClN2/c1-22-17-12-23(2,13-17)20-18-6-4-3-5-14(18)7-8-15-9-10-16(21)11-19(15)20/h3-6,9-11,17,20,22H,7-8,12-13H2,1-2H3/q+1. The van der Waals surface area contributed by atoms with Crippen LogP contribution in [0.15, 0.2) is 42.5 Å². The van der Waals surface area contributed by atoms with Crippen LogP contribution in [0.3, 0.4) is 0 Å². The summed E-state index contributed by atoms with van der Waals surface area (Å²) in [5, 5.41) is 4.28. The molecule has 2 aromatic carbocycles. The Morgan fingerprint density at radius 3 is 2.43 bits per heavy atom. The summed E-state index contributed by atoms with van der Waals surface area (Å²) in [6.07, 6.45) is 2.23. The van der Waals surface area contributed by atoms with Crippen LogP contribution in [0.5, 0.6) is 0 Å². The van der Waals surface area contributed by atoms with Crippen molar-refractivity contribution in [3.63, 3.8) is 0 Å². The number of nitrogens with zero attached hydrogens (tertiary/aromatic N) is 1. The van der Waals surface area contributed by atoms with E-state index in [2.05, 4.69) is 55.8 Å². The minimum absolute atomic E-state index is 0.395. The molecule has 4 rings (SSSR count). The van der Waals surface area contributed by atoms with Crippen LogP contribution in [0.2, 0.25) is 5.02 Å². The van der Waals surface area contributed by atoms with Crippen LogP contribution in [0.4, 0.5) is 0 Å². The Kier molecular flexibility index (Phi) is 3.72. The van der Waals surface area contributed by atoms with E-state index in [4.69, 9.17) is 11.6 Å². The summed E-state index contributed by atoms with van der Waals surface area (Å²) in [6.45, 7) is 2.34. The number of likely N-dealkylation sites (N-methyl/N-ethyl adjacent to an activating group) is 2. The molecule has 0 saturated carbocycles. The molecule has 1 N–H and O–H groups in total. The highest BCUT2D eigenvalue weighted by Gasteiger charge is 2.48. The zero-order valence-electron chi connectivity index (χ0n) is 13.8. The van der Waals surface area contributed by atoms with Gasteiger partial charge in [0.2, 0.25) is 0 Å². The summed E-state index contributed by atoms with van der Waals surface area (Å²) in [5.41, 5.74) is 5.88. The fraction of sp³-hybridized carbons (Fsp3) is 0.400. The molecule has 2 nitrogen and oxygen atoms in total. The summed E-state index contributed by atoms with van der Waals surface area (Å²) < 4.78 is 1.07. The molecule has 1 saturated heterocycles. The third kappa shape index (κ3) is 2.50. The summed E-state index contributed by atoms with van der Waals surface area (Å²) >= 11 is 6.37. The lowest BCUT2D eigenvalue weighted by atomic mass is 9.87. The molecule has 1 aliphatic carbocycles. The van der Waals surface area contributed by atoms with E-state index in [1.165, 1.54) is 35.3 Å². The van der Waals surface area contributed by atoms with E-state index < -0.39 is 0 Å². The van der Waals surface area contributed by atoms with Gasteiger partial charge in [-0.25, -0.2) is 0 Å². The van der Waals surface area contributed by atoms with E-state index in [1.54, 1.807) is 0 Å². The molecule has 1 aliphatic heterocycles. The monoisotopic (exact) mass is 327 g/mol. The molecule has 2 aliphatic rings. The maximum absolute atomic E-state index is 6.37. The van der Waals surface area contributed by atoms with Crippen molar-refractivity contribution >= 4 is 11.6 Å². The molecule has 2 aromatic rings. The van der Waals surface area contributed by atoms with Gasteiger partial charge in [-0.05, 0) is 43.1 Å². The number of nitrogens with one attached hydrogen (secondary N) is 1. The largest absolute Gasteiger partial charge is 0.313 e. The van der Waals surface area contributed by atoms with Crippen LogP contribution >= 0.6 is 11.6 Å². The molecule has 0 radical (unpaired) electrons. The average Bonchev–Trinajstić information content (AvgIpc) is 2.68. The maximum atomic E-state index is 6.37. The third-order valence-electron chi connectivity index (χ3n) is 5.72. The van der Waals surface area contributed by atoms with Crippen LogP contribution < -0.4 is 5.32 Å². The lowest BCUT2D eigenvalue weighted by molar-refractivity contribution is -0.971. The summed E-state index contributed by atoms with van der Waals surface area (Å²) in [6, 6.07) is 16.5. The summed E-state index contributed by atoms with van der Waals surface area (Å²) in [4.78, 5) is 0. The van der Waals surface area contributed by atoms with Gasteiger partial charge in [0.05, 0.1) is 7.05 Å². The SMILES string of the molecule is CNC1C[N+](C)(C2c3ccccc3CCc3ccc(Cl)cc32)C1. The lowest BCUT2D eigenvalue weighted by Gasteiger charge is -2.52. The van der Waals surface area contributed by atoms with Crippen LogP contribution in [0, 0.1) is 0 Å². The number of halogens is 1. The zero-order chi connectivity index (χ0) is 16.0. The predicted octanol–water partition coefficient (Wildman–Crippen LogP) is 3.58. The molecule has 3 heteroatoms. The Morgan fingerprint density at radius 1 is 1.00 bits per heavy atom. The van der Waals surface area contributed by atoms with Crippen molar-refractivity contribution in [2.45, 2.75) is 24.9 Å². The average molecular weight is 328 g/mol. The Labute approximate surface area is 143 Å². The van der Waals surface area contributed by atoms with Crippen molar-refractivity contribution in [1.29, 1.82) is 0 Å². The number of hydrogen-bond acceptors (Lipinski definition) is 1. The van der Waals surface area contributed by atoms with Gasteiger partial charge in [-0.2, -0.15) is 0 Å². The zero-order valence-corrected chi connectivity index (χ0v) is 14.6. The quantitative estimate of drug-likeness (QED) is 0.831.